The summed E-state index contributed by atoms with van der Waals surface area (Å²) in [5, 5.41) is 16.6. The molecule has 51 heavy (non-hydrogen) atoms. The maximum atomic E-state index is 13.2. The van der Waals surface area contributed by atoms with Crippen molar-refractivity contribution in [3.63, 3.8) is 0 Å². The third-order valence-corrected chi connectivity index (χ3v) is 10.1. The molecule has 2 aromatic carbocycles. The first kappa shape index (κ1) is 37.5. The van der Waals surface area contributed by atoms with Crippen molar-refractivity contribution in [3.8, 4) is 28.7 Å². The number of benzene rings is 2. The van der Waals surface area contributed by atoms with Gasteiger partial charge in [-0.3, -0.25) is 19.1 Å². The molecule has 5 rings (SSSR count). The summed E-state index contributed by atoms with van der Waals surface area (Å²) >= 11 is 7.90. The van der Waals surface area contributed by atoms with Gasteiger partial charge >= 0.3 is 0 Å². The van der Waals surface area contributed by atoms with Crippen LogP contribution in [0.2, 0.25) is 5.02 Å². The van der Waals surface area contributed by atoms with E-state index in [2.05, 4.69) is 62.9 Å². The van der Waals surface area contributed by atoms with Gasteiger partial charge in [0.1, 0.15) is 16.9 Å². The van der Waals surface area contributed by atoms with E-state index in [9.17, 15) is 9.59 Å². The van der Waals surface area contributed by atoms with E-state index >= 15 is 0 Å². The van der Waals surface area contributed by atoms with Crippen LogP contribution in [0.1, 0.15) is 99.3 Å². The standard InChI is InChI=1S/C39H43ClN8O2S/c1-25-26(2)51-39-35(25)36(29-14-16-31(40)17-15-29)45-33(37-47-46-27(3)48(37)39)24-34(49)43-21-7-5-4-6-8-22-44-38(50)32-18-13-28(11-9-19-41)23-30(32)12-10-20-42/h13-18,23,33H,4-8,19-22,24,41-42H2,1-3H3,(H,43,49)(H,44,50)/t33-/m0/s1. The quantitative estimate of drug-likeness (QED) is 0.115. The largest absolute Gasteiger partial charge is 0.356 e. The Kier molecular flexibility index (Phi) is 13.2. The van der Waals surface area contributed by atoms with Gasteiger partial charge in [0.05, 0.1) is 30.8 Å². The number of unbranched alkanes of at least 4 members (excludes halogenated alkanes) is 4. The average molecular weight is 723 g/mol. The molecule has 1 aliphatic rings. The third-order valence-electron chi connectivity index (χ3n) is 8.62. The number of aromatic nitrogens is 3. The predicted octanol–water partition coefficient (Wildman–Crippen LogP) is 5.31. The Balaban J connectivity index is 1.10. The average Bonchev–Trinajstić information content (AvgIpc) is 3.60. The topological polar surface area (TPSA) is 153 Å². The molecule has 0 bridgehead atoms. The number of nitrogens with two attached hydrogens (primary N) is 2. The first-order valence-electron chi connectivity index (χ1n) is 17.1. The number of hydrogen-bond acceptors (Lipinski definition) is 8. The molecule has 2 aromatic heterocycles. The number of aliphatic imine (C=N–C) groups is 1. The Labute approximate surface area is 308 Å². The number of rotatable bonds is 12. The van der Waals surface area contributed by atoms with Crippen LogP contribution in [-0.4, -0.2) is 58.5 Å². The molecule has 1 aliphatic heterocycles. The minimum atomic E-state index is -0.502. The molecule has 1 atom stereocenters. The van der Waals surface area contributed by atoms with E-state index in [0.29, 0.717) is 35.1 Å². The number of carbonyl (C=O) groups excluding carboxylic acids is 2. The van der Waals surface area contributed by atoms with Crippen molar-refractivity contribution < 1.29 is 9.59 Å². The second-order valence-electron chi connectivity index (χ2n) is 12.3. The molecule has 3 heterocycles. The molecular weight excluding hydrogens is 680 g/mol. The van der Waals surface area contributed by atoms with Gasteiger partial charge in [-0.15, -0.1) is 21.5 Å². The van der Waals surface area contributed by atoms with Crippen molar-refractivity contribution in [2.75, 3.05) is 26.2 Å². The highest BCUT2D eigenvalue weighted by Gasteiger charge is 2.32. The summed E-state index contributed by atoms with van der Waals surface area (Å²) in [4.78, 5) is 32.5. The Morgan fingerprint density at radius 2 is 1.59 bits per heavy atom. The number of hydrogen-bond donors (Lipinski definition) is 4. The van der Waals surface area contributed by atoms with Crippen LogP contribution in [0.3, 0.4) is 0 Å². The van der Waals surface area contributed by atoms with E-state index in [4.69, 9.17) is 28.1 Å². The van der Waals surface area contributed by atoms with Crippen molar-refractivity contribution in [1.29, 1.82) is 0 Å². The molecule has 0 unspecified atom stereocenters. The van der Waals surface area contributed by atoms with E-state index in [1.165, 1.54) is 4.88 Å². The summed E-state index contributed by atoms with van der Waals surface area (Å²) in [6.45, 7) is 7.73. The van der Waals surface area contributed by atoms with Gasteiger partial charge in [0.2, 0.25) is 5.91 Å². The van der Waals surface area contributed by atoms with Crippen LogP contribution in [0.5, 0.6) is 0 Å². The summed E-state index contributed by atoms with van der Waals surface area (Å²) in [6.07, 6.45) is 4.79. The molecule has 6 N–H and O–H groups in total. The number of fused-ring (bicyclic) bond motifs is 3. The van der Waals surface area contributed by atoms with Crippen LogP contribution < -0.4 is 22.1 Å². The first-order chi connectivity index (χ1) is 24.7. The Hall–Kier alpha value is -4.78. The predicted molar refractivity (Wildman–Crippen MR) is 205 cm³/mol. The second-order valence-corrected chi connectivity index (χ2v) is 13.9. The van der Waals surface area contributed by atoms with Crippen LogP contribution in [0.15, 0.2) is 47.5 Å². The molecule has 0 saturated heterocycles. The van der Waals surface area contributed by atoms with E-state index in [-0.39, 0.29) is 31.3 Å². The van der Waals surface area contributed by atoms with Gasteiger partial charge in [-0.1, -0.05) is 66.7 Å². The molecular formula is C39H43ClN8O2S. The Morgan fingerprint density at radius 3 is 2.31 bits per heavy atom. The molecule has 2 amide bonds. The third kappa shape index (κ3) is 9.32. The number of carbonyl (C=O) groups is 2. The smallest absolute Gasteiger partial charge is 0.252 e. The van der Waals surface area contributed by atoms with Gasteiger partial charge in [-0.2, -0.15) is 0 Å². The summed E-state index contributed by atoms with van der Waals surface area (Å²) in [6, 6.07) is 12.5. The molecule has 0 aliphatic carbocycles. The van der Waals surface area contributed by atoms with Gasteiger partial charge in [-0.05, 0) is 69.5 Å². The number of halogens is 1. The van der Waals surface area contributed by atoms with Crippen LogP contribution in [0.4, 0.5) is 0 Å². The minimum Gasteiger partial charge on any atom is -0.356 e. The zero-order valence-corrected chi connectivity index (χ0v) is 30.8. The Morgan fingerprint density at radius 1 is 0.902 bits per heavy atom. The molecule has 0 fully saturated rings. The summed E-state index contributed by atoms with van der Waals surface area (Å²) < 4.78 is 2.05. The number of nitrogens with one attached hydrogen (secondary N) is 2. The van der Waals surface area contributed by atoms with Crippen LogP contribution in [0.25, 0.3) is 5.00 Å². The molecule has 0 spiro atoms. The van der Waals surface area contributed by atoms with Crippen molar-refractivity contribution in [2.45, 2.75) is 65.3 Å². The number of amides is 2. The zero-order valence-electron chi connectivity index (χ0n) is 29.2. The fourth-order valence-corrected chi connectivity index (χ4v) is 7.25. The summed E-state index contributed by atoms with van der Waals surface area (Å²) in [5.74, 6) is 12.7. The van der Waals surface area contributed by atoms with E-state index in [0.717, 1.165) is 70.9 Å². The highest BCUT2D eigenvalue weighted by Crippen LogP contribution is 2.39. The zero-order chi connectivity index (χ0) is 36.3. The lowest BCUT2D eigenvalue weighted by Crippen LogP contribution is -2.26. The lowest BCUT2D eigenvalue weighted by atomic mass is 9.99. The molecule has 264 valence electrons. The van der Waals surface area contributed by atoms with Crippen LogP contribution in [-0.2, 0) is 4.79 Å². The molecule has 0 saturated carbocycles. The summed E-state index contributed by atoms with van der Waals surface area (Å²) in [5.41, 5.74) is 16.8. The minimum absolute atomic E-state index is 0.0812. The van der Waals surface area contributed by atoms with Crippen molar-refractivity contribution in [2.24, 2.45) is 16.5 Å². The lowest BCUT2D eigenvalue weighted by molar-refractivity contribution is -0.121. The van der Waals surface area contributed by atoms with Gasteiger partial charge in [-0.25, -0.2) is 0 Å². The molecule has 0 radical (unpaired) electrons. The van der Waals surface area contributed by atoms with E-state index in [1.54, 1.807) is 29.5 Å². The van der Waals surface area contributed by atoms with Gasteiger partial charge in [0.15, 0.2) is 5.82 Å². The van der Waals surface area contributed by atoms with Gasteiger partial charge in [0, 0.05) is 45.2 Å². The molecule has 10 nitrogen and oxygen atoms in total. The lowest BCUT2D eigenvalue weighted by Gasteiger charge is -2.13. The van der Waals surface area contributed by atoms with Gasteiger partial charge < -0.3 is 22.1 Å². The monoisotopic (exact) mass is 722 g/mol. The molecule has 4 aromatic rings. The number of aryl methyl sites for hydroxylation is 2. The van der Waals surface area contributed by atoms with E-state index < -0.39 is 6.04 Å². The van der Waals surface area contributed by atoms with Crippen molar-refractivity contribution in [3.05, 3.63) is 97.4 Å². The van der Waals surface area contributed by atoms with Crippen LogP contribution >= 0.6 is 22.9 Å². The molecule has 12 heteroatoms. The number of nitrogens with zero attached hydrogens (tertiary/aromatic N) is 4. The summed E-state index contributed by atoms with van der Waals surface area (Å²) in [7, 11) is 0. The SMILES string of the molecule is Cc1sc2c(c1C)C(c1ccc(Cl)cc1)=N[C@@H](CC(=O)NCCCCCCCNC(=O)c1ccc(C#CCN)cc1C#CCN)c1nnc(C)n1-2. The maximum Gasteiger partial charge on any atom is 0.252 e. The van der Waals surface area contributed by atoms with Gasteiger partial charge in [0.25, 0.3) is 5.91 Å². The number of thiophene rings is 1. The first-order valence-corrected chi connectivity index (χ1v) is 18.3. The fourth-order valence-electron chi connectivity index (χ4n) is 5.91. The maximum absolute atomic E-state index is 13.2. The highest BCUT2D eigenvalue weighted by atomic mass is 35.5. The van der Waals surface area contributed by atoms with Crippen LogP contribution in [0, 0.1) is 44.5 Å². The second kappa shape index (κ2) is 17.9. The van der Waals surface area contributed by atoms with E-state index in [1.807, 2.05) is 31.2 Å². The fraction of sp³-hybridized carbons (Fsp3) is 0.359. The highest BCUT2D eigenvalue weighted by molar-refractivity contribution is 7.15. The van der Waals surface area contributed by atoms with Crippen molar-refractivity contribution >= 4 is 40.5 Å². The normalized spacial score (nSPS) is 13.1. The Bertz CT molecular complexity index is 2040. The van der Waals surface area contributed by atoms with Crippen molar-refractivity contribution in [1.82, 2.24) is 25.4 Å².